The summed E-state index contributed by atoms with van der Waals surface area (Å²) in [4.78, 5) is 21.1. The molecule has 0 saturated carbocycles. The molecule has 30 heavy (non-hydrogen) atoms. The Labute approximate surface area is 185 Å². The van der Waals surface area contributed by atoms with Gasteiger partial charge in [-0.05, 0) is 55.3 Å². The Morgan fingerprint density at radius 2 is 2.00 bits per heavy atom. The summed E-state index contributed by atoms with van der Waals surface area (Å²) in [5, 5.41) is 0. The third-order valence-electron chi connectivity index (χ3n) is 5.67. The molecule has 1 aliphatic heterocycles. The molecule has 7 heteroatoms. The van der Waals surface area contributed by atoms with Crippen molar-refractivity contribution in [3.05, 3.63) is 64.4 Å². The zero-order valence-corrected chi connectivity index (χ0v) is 18.8. The van der Waals surface area contributed by atoms with E-state index in [9.17, 15) is 4.79 Å². The van der Waals surface area contributed by atoms with Gasteiger partial charge in [-0.3, -0.25) is 0 Å². The third-order valence-corrected chi connectivity index (χ3v) is 6.44. The first-order valence-electron chi connectivity index (χ1n) is 10.4. The molecule has 1 aromatic heterocycles. The Balaban J connectivity index is 1.50. The fraction of sp³-hybridized carbons (Fsp3) is 0.391. The number of carbonyl (C=O) groups excluding carboxylic acids is 1. The van der Waals surface area contributed by atoms with Crippen LogP contribution in [-0.4, -0.2) is 58.7 Å². The van der Waals surface area contributed by atoms with Gasteiger partial charge in [0, 0.05) is 24.1 Å². The first-order chi connectivity index (χ1) is 14.6. The van der Waals surface area contributed by atoms with Crippen LogP contribution in [0.1, 0.15) is 24.0 Å². The minimum absolute atomic E-state index is 0.285. The Hall–Kier alpha value is -2.38. The number of nitrogens with zero attached hydrogens (tertiary/aromatic N) is 4. The largest absolute Gasteiger partial charge is 0.453 e. The van der Waals surface area contributed by atoms with Crippen LogP contribution in [0.15, 0.2) is 53.3 Å². The Morgan fingerprint density at radius 1 is 1.20 bits per heavy atom. The molecule has 0 spiro atoms. The van der Waals surface area contributed by atoms with Crippen molar-refractivity contribution in [2.45, 2.75) is 25.9 Å². The summed E-state index contributed by atoms with van der Waals surface area (Å²) in [5.74, 6) is 0. The molecule has 4 rings (SSSR count). The lowest BCUT2D eigenvalue weighted by Gasteiger charge is -2.25. The SMILES string of the molecule is COC(=O)N(CCN1CCCC1)Cc1cc(Cn2cnc3ccccc32)ccc1Br. The monoisotopic (exact) mass is 470 g/mol. The molecule has 6 nitrogen and oxygen atoms in total. The number of aromatic nitrogens is 2. The number of ether oxygens (including phenoxy) is 1. The molecular formula is C23H27BrN4O2. The van der Waals surface area contributed by atoms with E-state index in [1.54, 1.807) is 4.90 Å². The number of halogens is 1. The van der Waals surface area contributed by atoms with Gasteiger partial charge < -0.3 is 19.1 Å². The number of hydrogen-bond acceptors (Lipinski definition) is 4. The van der Waals surface area contributed by atoms with E-state index < -0.39 is 0 Å². The molecule has 0 unspecified atom stereocenters. The van der Waals surface area contributed by atoms with Crippen LogP contribution < -0.4 is 0 Å². The minimum Gasteiger partial charge on any atom is -0.453 e. The van der Waals surface area contributed by atoms with Crippen LogP contribution in [0, 0.1) is 0 Å². The number of fused-ring (bicyclic) bond motifs is 1. The number of rotatable bonds is 7. The molecule has 1 aliphatic rings. The predicted octanol–water partition coefficient (Wildman–Crippen LogP) is 4.51. The van der Waals surface area contributed by atoms with E-state index in [4.69, 9.17) is 4.74 Å². The van der Waals surface area contributed by atoms with Crippen molar-refractivity contribution in [3.63, 3.8) is 0 Å². The second-order valence-corrected chi connectivity index (χ2v) is 8.58. The number of imidazole rings is 1. The number of methoxy groups -OCH3 is 1. The first kappa shape index (κ1) is 20.9. The maximum absolute atomic E-state index is 12.4. The molecule has 1 fully saturated rings. The van der Waals surface area contributed by atoms with Crippen LogP contribution in [0.2, 0.25) is 0 Å². The first-order valence-corrected chi connectivity index (χ1v) is 11.2. The molecular weight excluding hydrogens is 444 g/mol. The molecule has 158 valence electrons. The van der Waals surface area contributed by atoms with Crippen LogP contribution >= 0.6 is 15.9 Å². The predicted molar refractivity (Wildman–Crippen MR) is 121 cm³/mol. The summed E-state index contributed by atoms with van der Waals surface area (Å²) >= 11 is 3.66. The minimum atomic E-state index is -0.285. The molecule has 2 aromatic carbocycles. The zero-order valence-electron chi connectivity index (χ0n) is 17.3. The number of carbonyl (C=O) groups is 1. The van der Waals surface area contributed by atoms with Crippen LogP contribution in [0.4, 0.5) is 4.79 Å². The van der Waals surface area contributed by atoms with Gasteiger partial charge in [0.15, 0.2) is 0 Å². The van der Waals surface area contributed by atoms with Crippen molar-refractivity contribution in [1.82, 2.24) is 19.4 Å². The van der Waals surface area contributed by atoms with Gasteiger partial charge in [-0.25, -0.2) is 9.78 Å². The number of benzene rings is 2. The fourth-order valence-corrected chi connectivity index (χ4v) is 4.39. The highest BCUT2D eigenvalue weighted by atomic mass is 79.9. The molecule has 0 bridgehead atoms. The van der Waals surface area contributed by atoms with E-state index in [2.05, 4.69) is 54.6 Å². The summed E-state index contributed by atoms with van der Waals surface area (Å²) in [6.07, 6.45) is 4.08. The highest BCUT2D eigenvalue weighted by molar-refractivity contribution is 9.10. The van der Waals surface area contributed by atoms with E-state index in [0.29, 0.717) is 13.1 Å². The van der Waals surface area contributed by atoms with Gasteiger partial charge in [0.25, 0.3) is 0 Å². The summed E-state index contributed by atoms with van der Waals surface area (Å²) < 4.78 is 8.19. The van der Waals surface area contributed by atoms with Crippen molar-refractivity contribution < 1.29 is 9.53 Å². The van der Waals surface area contributed by atoms with Crippen LogP contribution in [-0.2, 0) is 17.8 Å². The van der Waals surface area contributed by atoms with Gasteiger partial charge in [-0.2, -0.15) is 0 Å². The summed E-state index contributed by atoms with van der Waals surface area (Å²) in [5.41, 5.74) is 4.35. The molecule has 0 radical (unpaired) electrons. The summed E-state index contributed by atoms with van der Waals surface area (Å²) in [7, 11) is 1.45. The second-order valence-electron chi connectivity index (χ2n) is 7.73. The van der Waals surface area contributed by atoms with Gasteiger partial charge in [-0.15, -0.1) is 0 Å². The lowest BCUT2D eigenvalue weighted by Crippen LogP contribution is -2.37. The third kappa shape index (κ3) is 4.84. The molecule has 0 atom stereocenters. The van der Waals surface area contributed by atoms with Crippen LogP contribution in [0.25, 0.3) is 11.0 Å². The standard InChI is InChI=1S/C23H27BrN4O2/c1-30-23(29)27(13-12-26-10-4-5-11-26)16-19-14-18(8-9-20(19)24)15-28-17-25-21-6-2-3-7-22(21)28/h2-3,6-9,14,17H,4-5,10-13,15-16H2,1H3. The summed E-state index contributed by atoms with van der Waals surface area (Å²) in [6, 6.07) is 14.5. The van der Waals surface area contributed by atoms with E-state index >= 15 is 0 Å². The Bertz CT molecular complexity index is 1010. The molecule has 1 amide bonds. The Morgan fingerprint density at radius 3 is 2.80 bits per heavy atom. The molecule has 0 N–H and O–H groups in total. The summed E-state index contributed by atoms with van der Waals surface area (Å²) in [6.45, 7) is 5.02. The van der Waals surface area contributed by atoms with Crippen molar-refractivity contribution in [2.24, 2.45) is 0 Å². The second kappa shape index (κ2) is 9.62. The van der Waals surface area contributed by atoms with Crippen molar-refractivity contribution >= 4 is 33.1 Å². The fourth-order valence-electron chi connectivity index (χ4n) is 4.02. The highest BCUT2D eigenvalue weighted by Crippen LogP contribution is 2.22. The normalized spacial score (nSPS) is 14.3. The molecule has 1 saturated heterocycles. The number of hydrogen-bond donors (Lipinski definition) is 0. The van der Waals surface area contributed by atoms with Crippen molar-refractivity contribution in [2.75, 3.05) is 33.3 Å². The smallest absolute Gasteiger partial charge is 0.409 e. The number of amides is 1. The van der Waals surface area contributed by atoms with Crippen LogP contribution in [0.5, 0.6) is 0 Å². The number of likely N-dealkylation sites (tertiary alicyclic amines) is 1. The van der Waals surface area contributed by atoms with Crippen molar-refractivity contribution in [1.29, 1.82) is 0 Å². The maximum atomic E-state index is 12.4. The highest BCUT2D eigenvalue weighted by Gasteiger charge is 2.19. The molecule has 3 aromatic rings. The van der Waals surface area contributed by atoms with E-state index in [1.807, 2.05) is 24.5 Å². The topological polar surface area (TPSA) is 50.6 Å². The zero-order chi connectivity index (χ0) is 20.9. The number of para-hydroxylation sites is 2. The average Bonchev–Trinajstić information content (AvgIpc) is 3.43. The van der Waals surface area contributed by atoms with Crippen LogP contribution in [0.3, 0.4) is 0 Å². The van der Waals surface area contributed by atoms with Gasteiger partial charge in [0.2, 0.25) is 0 Å². The quantitative estimate of drug-likeness (QED) is 0.509. The van der Waals surface area contributed by atoms with Gasteiger partial charge in [0.05, 0.1) is 31.0 Å². The van der Waals surface area contributed by atoms with Crippen molar-refractivity contribution in [3.8, 4) is 0 Å². The average molecular weight is 471 g/mol. The molecule has 2 heterocycles. The lowest BCUT2D eigenvalue weighted by molar-refractivity contribution is 0.115. The Kier molecular flexibility index (Phi) is 6.69. The van der Waals surface area contributed by atoms with Gasteiger partial charge in [-0.1, -0.05) is 40.2 Å². The van der Waals surface area contributed by atoms with Gasteiger partial charge >= 0.3 is 6.09 Å². The maximum Gasteiger partial charge on any atom is 0.409 e. The van der Waals surface area contributed by atoms with E-state index in [-0.39, 0.29) is 6.09 Å². The van der Waals surface area contributed by atoms with E-state index in [1.165, 1.54) is 25.5 Å². The van der Waals surface area contributed by atoms with Gasteiger partial charge in [0.1, 0.15) is 0 Å². The molecule has 0 aliphatic carbocycles. The van der Waals surface area contributed by atoms with E-state index in [0.717, 1.165) is 47.2 Å². The lowest BCUT2D eigenvalue weighted by atomic mass is 10.1.